The quantitative estimate of drug-likeness (QED) is 0.235. The molecule has 1 aromatic carbocycles. The minimum Gasteiger partial charge on any atom is -0.493 e. The van der Waals surface area contributed by atoms with Crippen molar-refractivity contribution in [2.24, 2.45) is 5.92 Å². The molecule has 2 aliphatic rings. The van der Waals surface area contributed by atoms with Crippen molar-refractivity contribution >= 4 is 23.9 Å². The molecular weight excluding hydrogens is 614 g/mol. The maximum absolute atomic E-state index is 13.9. The van der Waals surface area contributed by atoms with Crippen LogP contribution < -0.4 is 15.4 Å². The van der Waals surface area contributed by atoms with E-state index in [1.54, 1.807) is 36.6 Å². The van der Waals surface area contributed by atoms with Gasteiger partial charge in [0, 0.05) is 50.3 Å². The highest BCUT2D eigenvalue weighted by Crippen LogP contribution is 2.25. The number of nitrogens with zero attached hydrogens (tertiary/aromatic N) is 3. The van der Waals surface area contributed by atoms with Gasteiger partial charge in [-0.1, -0.05) is 43.7 Å². The van der Waals surface area contributed by atoms with E-state index < -0.39 is 29.6 Å². The Kier molecular flexibility index (Phi) is 13.6. The van der Waals surface area contributed by atoms with Gasteiger partial charge in [-0.25, -0.2) is 9.78 Å². The van der Waals surface area contributed by atoms with Crippen molar-refractivity contribution in [1.82, 2.24) is 25.4 Å². The molecule has 0 bridgehead atoms. The summed E-state index contributed by atoms with van der Waals surface area (Å²) in [5.74, 6) is -0.434. The van der Waals surface area contributed by atoms with Crippen LogP contribution in [0, 0.1) is 5.92 Å². The van der Waals surface area contributed by atoms with Crippen molar-refractivity contribution in [3.05, 3.63) is 48.2 Å². The number of ether oxygens (including phenoxy) is 3. The second-order valence-corrected chi connectivity index (χ2v) is 13.4. The average molecular weight is 666 g/mol. The molecule has 3 amide bonds. The summed E-state index contributed by atoms with van der Waals surface area (Å²) in [7, 11) is 0. The zero-order valence-electron chi connectivity index (χ0n) is 28.8. The number of unbranched alkanes of at least 4 members (excludes halogenated alkanes) is 1. The van der Waals surface area contributed by atoms with Crippen LogP contribution in [0.2, 0.25) is 0 Å². The van der Waals surface area contributed by atoms with Gasteiger partial charge in [0.05, 0.1) is 18.9 Å². The summed E-state index contributed by atoms with van der Waals surface area (Å²) in [5, 5.41) is 6.22. The lowest BCUT2D eigenvalue weighted by atomic mass is 9.99. The normalized spacial score (nSPS) is 16.2. The molecule has 1 aromatic heterocycles. The lowest BCUT2D eigenvalue weighted by molar-refractivity contribution is -0.155. The van der Waals surface area contributed by atoms with E-state index >= 15 is 0 Å². The summed E-state index contributed by atoms with van der Waals surface area (Å²) < 4.78 is 17.0. The Labute approximate surface area is 283 Å². The molecule has 48 heavy (non-hydrogen) atoms. The summed E-state index contributed by atoms with van der Waals surface area (Å²) >= 11 is 0. The number of carbonyl (C=O) groups excluding carboxylic acids is 4. The minimum atomic E-state index is -1.02. The number of carbonyl (C=O) groups is 4. The highest BCUT2D eigenvalue weighted by Gasteiger charge is 2.32. The smallest absolute Gasteiger partial charge is 0.409 e. The molecule has 2 N–H and O–H groups in total. The highest BCUT2D eigenvalue weighted by molar-refractivity contribution is 5.97. The molecule has 0 saturated carbocycles. The standard InChI is InChI=1S/C36H51N5O7/c1-5-6-22-46-35(45)41-20-18-40(19-21-41)34(44)29(12-13-32(42)48-36(2,3)4)39-33(43)31-24-28(47-25-26-14-16-37-17-15-26)23-30(38-31)27-10-8-7-9-11-27/h7-11,23-24,26,29,37H,5-6,12-22,25H2,1-4H3,(H,39,43)/t29-/m0/s1. The molecule has 2 aromatic rings. The van der Waals surface area contributed by atoms with Gasteiger partial charge >= 0.3 is 12.1 Å². The van der Waals surface area contributed by atoms with Crippen LogP contribution in [0.5, 0.6) is 5.75 Å². The number of piperazine rings is 1. The number of hydrogen-bond donors (Lipinski definition) is 2. The summed E-state index contributed by atoms with van der Waals surface area (Å²) in [6.07, 6.45) is 3.31. The Morgan fingerprint density at radius 2 is 1.69 bits per heavy atom. The predicted molar refractivity (Wildman–Crippen MR) is 182 cm³/mol. The Hall–Kier alpha value is -4.19. The molecule has 2 fully saturated rings. The van der Waals surface area contributed by atoms with Crippen molar-refractivity contribution in [2.75, 3.05) is 52.5 Å². The van der Waals surface area contributed by atoms with Gasteiger partial charge < -0.3 is 34.6 Å². The number of rotatable bonds is 13. The van der Waals surface area contributed by atoms with Crippen molar-refractivity contribution in [2.45, 2.75) is 77.9 Å². The van der Waals surface area contributed by atoms with E-state index in [2.05, 4.69) is 15.6 Å². The van der Waals surface area contributed by atoms with Crippen LogP contribution in [0.15, 0.2) is 42.5 Å². The largest absolute Gasteiger partial charge is 0.493 e. The summed E-state index contributed by atoms with van der Waals surface area (Å²) in [6, 6.07) is 11.9. The van der Waals surface area contributed by atoms with Gasteiger partial charge in [-0.05, 0) is 65.5 Å². The second-order valence-electron chi connectivity index (χ2n) is 13.4. The third-order valence-corrected chi connectivity index (χ3v) is 8.28. The van der Waals surface area contributed by atoms with Gasteiger partial charge in [0.25, 0.3) is 5.91 Å². The number of nitrogens with one attached hydrogen (secondary N) is 2. The first kappa shape index (κ1) is 36.6. The lowest BCUT2D eigenvalue weighted by Crippen LogP contribution is -2.56. The molecule has 4 rings (SSSR count). The fourth-order valence-corrected chi connectivity index (χ4v) is 5.59. The molecule has 0 unspecified atom stereocenters. The van der Waals surface area contributed by atoms with Crippen LogP contribution in [0.3, 0.4) is 0 Å². The molecule has 0 spiro atoms. The summed E-state index contributed by atoms with van der Waals surface area (Å²) in [6.45, 7) is 11.3. The fourth-order valence-electron chi connectivity index (χ4n) is 5.59. The van der Waals surface area contributed by atoms with Crippen LogP contribution in [0.25, 0.3) is 11.3 Å². The van der Waals surface area contributed by atoms with E-state index in [1.807, 2.05) is 43.3 Å². The van der Waals surface area contributed by atoms with Gasteiger partial charge in [-0.15, -0.1) is 0 Å². The third kappa shape index (κ3) is 11.5. The number of aromatic nitrogens is 1. The van der Waals surface area contributed by atoms with Gasteiger partial charge in [0.1, 0.15) is 23.1 Å². The van der Waals surface area contributed by atoms with Crippen LogP contribution in [0.4, 0.5) is 4.79 Å². The van der Waals surface area contributed by atoms with Crippen LogP contribution in [-0.4, -0.2) is 103 Å². The van der Waals surface area contributed by atoms with Crippen molar-refractivity contribution in [3.63, 3.8) is 0 Å². The average Bonchev–Trinajstić information content (AvgIpc) is 3.09. The van der Waals surface area contributed by atoms with E-state index in [1.165, 1.54) is 0 Å². The van der Waals surface area contributed by atoms with Crippen LogP contribution in [-0.2, 0) is 19.1 Å². The summed E-state index contributed by atoms with van der Waals surface area (Å²) in [4.78, 5) is 60.6. The SMILES string of the molecule is CCCCOC(=O)N1CCN(C(=O)[C@H](CCC(=O)OC(C)(C)C)NC(=O)c2cc(OCC3CCNCC3)cc(-c3ccccc3)n2)CC1. The third-order valence-electron chi connectivity index (χ3n) is 8.28. The zero-order chi connectivity index (χ0) is 34.5. The molecule has 0 aliphatic carbocycles. The number of esters is 1. The van der Waals surface area contributed by atoms with Crippen LogP contribution >= 0.6 is 0 Å². The Balaban J connectivity index is 1.50. The first-order valence-corrected chi connectivity index (χ1v) is 17.2. The lowest BCUT2D eigenvalue weighted by Gasteiger charge is -2.36. The molecule has 0 radical (unpaired) electrons. The molecule has 2 saturated heterocycles. The van der Waals surface area contributed by atoms with E-state index in [0.717, 1.165) is 44.3 Å². The minimum absolute atomic E-state index is 0.0379. The second kappa shape index (κ2) is 17.8. The summed E-state index contributed by atoms with van der Waals surface area (Å²) in [5.41, 5.74) is 0.810. The molecule has 262 valence electrons. The molecular formula is C36H51N5O7. The Bertz CT molecular complexity index is 1370. The monoisotopic (exact) mass is 665 g/mol. The number of pyridine rings is 1. The van der Waals surface area contributed by atoms with Crippen molar-refractivity contribution in [3.8, 4) is 17.0 Å². The first-order valence-electron chi connectivity index (χ1n) is 17.2. The number of hydrogen-bond acceptors (Lipinski definition) is 9. The van der Waals surface area contributed by atoms with Gasteiger partial charge in [0.15, 0.2) is 0 Å². The van der Waals surface area contributed by atoms with Gasteiger partial charge in [-0.2, -0.15) is 0 Å². The maximum atomic E-state index is 13.9. The molecule has 3 heterocycles. The van der Waals surface area contributed by atoms with Gasteiger partial charge in [-0.3, -0.25) is 14.4 Å². The van der Waals surface area contributed by atoms with Crippen molar-refractivity contribution < 1.29 is 33.4 Å². The van der Waals surface area contributed by atoms with E-state index in [-0.39, 0.29) is 37.5 Å². The predicted octanol–water partition coefficient (Wildman–Crippen LogP) is 4.43. The Morgan fingerprint density at radius 1 is 1.00 bits per heavy atom. The number of piperidine rings is 1. The van der Waals surface area contributed by atoms with E-state index in [9.17, 15) is 19.2 Å². The topological polar surface area (TPSA) is 139 Å². The number of benzene rings is 1. The number of amides is 3. The molecule has 12 nitrogen and oxygen atoms in total. The molecule has 12 heteroatoms. The maximum Gasteiger partial charge on any atom is 0.409 e. The Morgan fingerprint density at radius 3 is 2.35 bits per heavy atom. The zero-order valence-corrected chi connectivity index (χ0v) is 28.8. The molecule has 2 aliphatic heterocycles. The molecule has 1 atom stereocenters. The fraction of sp³-hybridized carbons (Fsp3) is 0.583. The highest BCUT2D eigenvalue weighted by atomic mass is 16.6. The van der Waals surface area contributed by atoms with Crippen molar-refractivity contribution in [1.29, 1.82) is 0 Å². The van der Waals surface area contributed by atoms with Crippen LogP contribution in [0.1, 0.15) is 76.7 Å². The van der Waals surface area contributed by atoms with E-state index in [0.29, 0.717) is 43.7 Å². The first-order chi connectivity index (χ1) is 23.0. The van der Waals surface area contributed by atoms with E-state index in [4.69, 9.17) is 14.2 Å². The van der Waals surface area contributed by atoms with Gasteiger partial charge in [0.2, 0.25) is 5.91 Å².